The minimum absolute atomic E-state index is 0.0412. The Balaban J connectivity index is 1.84. The molecule has 0 saturated carbocycles. The lowest BCUT2D eigenvalue weighted by molar-refractivity contribution is 0.142. The number of nitrogen functional groups attached to an aromatic ring is 1. The van der Waals surface area contributed by atoms with E-state index in [4.69, 9.17) is 26.8 Å². The lowest BCUT2D eigenvalue weighted by atomic mass is 10.1. The summed E-state index contributed by atoms with van der Waals surface area (Å²) in [5, 5.41) is -0.460. The maximum atomic E-state index is 15.5. The van der Waals surface area contributed by atoms with Gasteiger partial charge in [-0.05, 0) is 24.3 Å². The smallest absolute Gasteiger partial charge is 0.199 e. The molecule has 40 heavy (non-hydrogen) atoms. The molecule has 0 amide bonds. The molecule has 0 spiro atoms. The van der Waals surface area contributed by atoms with Crippen LogP contribution in [0.15, 0.2) is 41.6 Å². The van der Waals surface area contributed by atoms with Crippen LogP contribution in [0.5, 0.6) is 5.75 Å². The van der Waals surface area contributed by atoms with Crippen LogP contribution in [0, 0.1) is 29.1 Å². The summed E-state index contributed by atoms with van der Waals surface area (Å²) < 4.78 is 110. The second-order valence-corrected chi connectivity index (χ2v) is 11.2. The Morgan fingerprint density at radius 2 is 1.77 bits per heavy atom. The van der Waals surface area contributed by atoms with Gasteiger partial charge in [0.2, 0.25) is 0 Å². The van der Waals surface area contributed by atoms with Gasteiger partial charge in [-0.2, -0.15) is 0 Å². The molecule has 0 radical (unpaired) electrons. The summed E-state index contributed by atoms with van der Waals surface area (Å²) in [5.41, 5.74) is 4.88. The SMILES string of the molecule is CS(=O)(=O)c1c(F)c(F)c(F)c(F)c1N(c1ccc(F)c(Cl)c1)c1ncnc2cc(OC3CCOC3)c(N)cc12. The average Bonchev–Trinajstić information content (AvgIpc) is 3.41. The summed E-state index contributed by atoms with van der Waals surface area (Å²) >= 11 is 5.93. The Morgan fingerprint density at radius 3 is 2.42 bits per heavy atom. The van der Waals surface area contributed by atoms with E-state index in [1.807, 2.05) is 0 Å². The van der Waals surface area contributed by atoms with Crippen molar-refractivity contribution in [3.63, 3.8) is 0 Å². The van der Waals surface area contributed by atoms with E-state index in [9.17, 15) is 21.6 Å². The number of fused-ring (bicyclic) bond motifs is 1. The van der Waals surface area contributed by atoms with Crippen LogP contribution >= 0.6 is 11.6 Å². The zero-order valence-electron chi connectivity index (χ0n) is 20.4. The molecule has 4 aromatic rings. The van der Waals surface area contributed by atoms with Crippen molar-refractivity contribution >= 4 is 55.2 Å². The van der Waals surface area contributed by atoms with Crippen LogP contribution in [-0.2, 0) is 14.6 Å². The number of nitrogens with zero attached hydrogens (tertiary/aromatic N) is 3. The van der Waals surface area contributed by atoms with Crippen molar-refractivity contribution in [3.8, 4) is 5.75 Å². The summed E-state index contributed by atoms with van der Waals surface area (Å²) in [6.07, 6.45) is 1.81. The van der Waals surface area contributed by atoms with Crippen LogP contribution in [0.1, 0.15) is 6.42 Å². The quantitative estimate of drug-likeness (QED) is 0.100. The van der Waals surface area contributed by atoms with Crippen molar-refractivity contribution in [2.75, 3.05) is 30.1 Å². The van der Waals surface area contributed by atoms with Gasteiger partial charge in [0, 0.05) is 29.8 Å². The molecule has 1 aliphatic rings. The minimum Gasteiger partial charge on any atom is -0.486 e. The molecule has 1 unspecified atom stereocenters. The number of ether oxygens (including phenoxy) is 2. The van der Waals surface area contributed by atoms with Gasteiger partial charge in [-0.15, -0.1) is 0 Å². The second-order valence-electron chi connectivity index (χ2n) is 8.85. The molecule has 1 saturated heterocycles. The van der Waals surface area contributed by atoms with Crippen molar-refractivity contribution < 1.29 is 39.8 Å². The highest BCUT2D eigenvalue weighted by molar-refractivity contribution is 7.90. The lowest BCUT2D eigenvalue weighted by Crippen LogP contribution is -2.21. The molecular formula is C25H18ClF5N4O4S. The summed E-state index contributed by atoms with van der Waals surface area (Å²) in [5.74, 6) is -9.86. The van der Waals surface area contributed by atoms with Crippen LogP contribution in [0.25, 0.3) is 10.9 Å². The number of sulfone groups is 1. The lowest BCUT2D eigenvalue weighted by Gasteiger charge is -2.28. The third kappa shape index (κ3) is 4.86. The maximum absolute atomic E-state index is 15.5. The fraction of sp³-hybridized carbons (Fsp3) is 0.200. The fourth-order valence-corrected chi connectivity index (χ4v) is 5.39. The van der Waals surface area contributed by atoms with Crippen molar-refractivity contribution in [2.45, 2.75) is 17.4 Å². The number of halogens is 6. The summed E-state index contributed by atoms with van der Waals surface area (Å²) in [6, 6.07) is 5.58. The van der Waals surface area contributed by atoms with Crippen molar-refractivity contribution in [2.24, 2.45) is 0 Å². The van der Waals surface area contributed by atoms with Gasteiger partial charge in [-0.3, -0.25) is 4.90 Å². The van der Waals surface area contributed by atoms with Crippen molar-refractivity contribution in [1.29, 1.82) is 0 Å². The van der Waals surface area contributed by atoms with Gasteiger partial charge >= 0.3 is 0 Å². The number of anilines is 4. The van der Waals surface area contributed by atoms with Crippen LogP contribution in [0.3, 0.4) is 0 Å². The molecule has 1 aliphatic heterocycles. The Kier molecular flexibility index (Phi) is 7.18. The molecule has 0 aliphatic carbocycles. The van der Waals surface area contributed by atoms with Gasteiger partial charge in [-0.25, -0.2) is 40.3 Å². The highest BCUT2D eigenvalue weighted by atomic mass is 35.5. The van der Waals surface area contributed by atoms with E-state index in [-0.39, 0.29) is 39.9 Å². The van der Waals surface area contributed by atoms with E-state index in [0.29, 0.717) is 30.8 Å². The standard InChI is InChI=1S/C25H18ClF5N4O4S/c1-40(36,37)24-22(31)20(29)19(28)21(30)23(24)35(11-2-3-15(27)14(26)6-11)25-13-7-16(32)18(8-17(13)33-10-34-25)39-12-4-5-38-9-12/h2-3,6-8,10,12H,4-5,9,32H2,1H3. The molecule has 3 aromatic carbocycles. The highest BCUT2D eigenvalue weighted by Crippen LogP contribution is 2.45. The third-order valence-electron chi connectivity index (χ3n) is 6.10. The summed E-state index contributed by atoms with van der Waals surface area (Å²) in [4.78, 5) is 7.40. The first-order valence-electron chi connectivity index (χ1n) is 11.5. The fourth-order valence-electron chi connectivity index (χ4n) is 4.27. The molecule has 210 valence electrons. The zero-order valence-corrected chi connectivity index (χ0v) is 22.0. The predicted molar refractivity (Wildman–Crippen MR) is 136 cm³/mol. The highest BCUT2D eigenvalue weighted by Gasteiger charge is 2.36. The number of nitrogens with two attached hydrogens (primary N) is 1. The number of rotatable bonds is 6. The number of hydrogen-bond donors (Lipinski definition) is 1. The van der Waals surface area contributed by atoms with Crippen LogP contribution in [0.2, 0.25) is 5.02 Å². The molecule has 0 bridgehead atoms. The van der Waals surface area contributed by atoms with E-state index >= 15 is 8.78 Å². The summed E-state index contributed by atoms with van der Waals surface area (Å²) in [7, 11) is -4.76. The molecule has 2 N–H and O–H groups in total. The van der Waals surface area contributed by atoms with Crippen molar-refractivity contribution in [1.82, 2.24) is 9.97 Å². The third-order valence-corrected chi connectivity index (χ3v) is 7.50. The van der Waals surface area contributed by atoms with Gasteiger partial charge in [0.1, 0.15) is 40.4 Å². The topological polar surface area (TPSA) is 108 Å². The molecule has 5 rings (SSSR count). The molecule has 2 heterocycles. The maximum Gasteiger partial charge on any atom is 0.199 e. The number of benzene rings is 3. The first-order valence-corrected chi connectivity index (χ1v) is 13.7. The zero-order chi connectivity index (χ0) is 28.9. The van der Waals surface area contributed by atoms with E-state index in [0.717, 1.165) is 24.5 Å². The predicted octanol–water partition coefficient (Wildman–Crippen LogP) is 5.60. The van der Waals surface area contributed by atoms with E-state index < -0.39 is 54.5 Å². The van der Waals surface area contributed by atoms with E-state index in [1.165, 1.54) is 12.1 Å². The van der Waals surface area contributed by atoms with Gasteiger partial charge in [-0.1, -0.05) is 11.6 Å². The molecule has 1 aromatic heterocycles. The number of hydrogen-bond acceptors (Lipinski definition) is 8. The number of aromatic nitrogens is 2. The van der Waals surface area contributed by atoms with Gasteiger partial charge < -0.3 is 15.2 Å². The van der Waals surface area contributed by atoms with Crippen LogP contribution < -0.4 is 15.4 Å². The normalized spacial score (nSPS) is 15.5. The summed E-state index contributed by atoms with van der Waals surface area (Å²) in [6.45, 7) is 0.833. The largest absolute Gasteiger partial charge is 0.486 e. The van der Waals surface area contributed by atoms with Crippen LogP contribution in [0.4, 0.5) is 44.8 Å². The average molecular weight is 601 g/mol. The Morgan fingerprint density at radius 1 is 1.05 bits per heavy atom. The van der Waals surface area contributed by atoms with Gasteiger partial charge in [0.25, 0.3) is 0 Å². The Labute approximate surface area is 229 Å². The van der Waals surface area contributed by atoms with Gasteiger partial charge in [0.15, 0.2) is 33.1 Å². The first-order chi connectivity index (χ1) is 18.9. The Bertz CT molecular complexity index is 1770. The minimum atomic E-state index is -4.76. The molecule has 15 heteroatoms. The molecule has 8 nitrogen and oxygen atoms in total. The van der Waals surface area contributed by atoms with E-state index in [1.54, 1.807) is 0 Å². The van der Waals surface area contributed by atoms with Crippen molar-refractivity contribution in [3.05, 3.63) is 70.8 Å². The molecule has 1 atom stereocenters. The molecule has 1 fully saturated rings. The molecular weight excluding hydrogens is 583 g/mol. The van der Waals surface area contributed by atoms with Crippen LogP contribution in [-0.4, -0.2) is 44.0 Å². The monoisotopic (exact) mass is 600 g/mol. The van der Waals surface area contributed by atoms with Gasteiger partial charge in [0.05, 0.1) is 29.4 Å². The Hall–Kier alpha value is -3.75. The second kappa shape index (κ2) is 10.3. The van der Waals surface area contributed by atoms with E-state index in [2.05, 4.69) is 9.97 Å². The first kappa shape index (κ1) is 27.8.